The minimum Gasteiger partial charge on any atom is -0.353 e. The molecule has 0 atom stereocenters. The molecule has 0 N–H and O–H groups in total. The van der Waals surface area contributed by atoms with Gasteiger partial charge in [-0.05, 0) is 52.9 Å². The fourth-order valence-electron chi connectivity index (χ4n) is 2.53. The number of carbonyl (C=O) groups is 1. The van der Waals surface area contributed by atoms with E-state index in [4.69, 9.17) is 11.6 Å². The molecular formula is C16H14ClFIN3O. The number of rotatable bonds is 2. The van der Waals surface area contributed by atoms with Gasteiger partial charge in [0.1, 0.15) is 11.6 Å². The smallest absolute Gasteiger partial charge is 0.255 e. The number of hydrogen-bond acceptors (Lipinski definition) is 3. The van der Waals surface area contributed by atoms with Crippen LogP contribution in [0.15, 0.2) is 36.5 Å². The van der Waals surface area contributed by atoms with Crippen molar-refractivity contribution in [3.8, 4) is 0 Å². The van der Waals surface area contributed by atoms with E-state index in [1.165, 1.54) is 12.1 Å². The molecule has 120 valence electrons. The lowest BCUT2D eigenvalue weighted by Crippen LogP contribution is -2.49. The Morgan fingerprint density at radius 1 is 1.17 bits per heavy atom. The Morgan fingerprint density at radius 2 is 1.91 bits per heavy atom. The summed E-state index contributed by atoms with van der Waals surface area (Å²) in [5, 5.41) is 0.605. The van der Waals surface area contributed by atoms with Crippen LogP contribution in [-0.2, 0) is 0 Å². The molecule has 0 saturated carbocycles. The van der Waals surface area contributed by atoms with Crippen LogP contribution >= 0.6 is 34.2 Å². The van der Waals surface area contributed by atoms with Crippen molar-refractivity contribution in [2.24, 2.45) is 0 Å². The topological polar surface area (TPSA) is 36.4 Å². The van der Waals surface area contributed by atoms with Gasteiger partial charge in [0, 0.05) is 35.9 Å². The van der Waals surface area contributed by atoms with Gasteiger partial charge in [-0.25, -0.2) is 9.37 Å². The first-order valence-corrected chi connectivity index (χ1v) is 8.61. The molecule has 3 rings (SSSR count). The summed E-state index contributed by atoms with van der Waals surface area (Å²) in [4.78, 5) is 20.8. The SMILES string of the molecule is O=C(c1ccc(F)cc1I)N1CCN(c2ccc(Cl)cn2)CC1. The second-order valence-corrected chi connectivity index (χ2v) is 6.84. The van der Waals surface area contributed by atoms with E-state index in [1.807, 2.05) is 34.7 Å². The number of nitrogens with zero attached hydrogens (tertiary/aromatic N) is 3. The van der Waals surface area contributed by atoms with Gasteiger partial charge in [-0.2, -0.15) is 0 Å². The van der Waals surface area contributed by atoms with Gasteiger partial charge < -0.3 is 9.80 Å². The number of benzene rings is 1. The van der Waals surface area contributed by atoms with Crippen molar-refractivity contribution in [2.75, 3.05) is 31.1 Å². The van der Waals surface area contributed by atoms with Crippen LogP contribution in [0.5, 0.6) is 0 Å². The summed E-state index contributed by atoms with van der Waals surface area (Å²) in [6.07, 6.45) is 1.62. The number of anilines is 1. The summed E-state index contributed by atoms with van der Waals surface area (Å²) in [7, 11) is 0. The van der Waals surface area contributed by atoms with Crippen LogP contribution in [0.4, 0.5) is 10.2 Å². The van der Waals surface area contributed by atoms with Crippen molar-refractivity contribution in [1.29, 1.82) is 0 Å². The van der Waals surface area contributed by atoms with E-state index in [-0.39, 0.29) is 11.7 Å². The summed E-state index contributed by atoms with van der Waals surface area (Å²) in [6.45, 7) is 2.63. The molecule has 7 heteroatoms. The number of pyridine rings is 1. The largest absolute Gasteiger partial charge is 0.353 e. The van der Waals surface area contributed by atoms with Crippen molar-refractivity contribution in [3.05, 3.63) is 56.5 Å². The molecule has 2 aromatic rings. The standard InChI is InChI=1S/C16H14ClFIN3O/c17-11-1-4-15(20-10-11)21-5-7-22(8-6-21)16(23)13-3-2-12(18)9-14(13)19/h1-4,9-10H,5-8H2. The lowest BCUT2D eigenvalue weighted by molar-refractivity contribution is 0.0745. The van der Waals surface area contributed by atoms with Crippen LogP contribution in [0.3, 0.4) is 0 Å². The van der Waals surface area contributed by atoms with Gasteiger partial charge >= 0.3 is 0 Å². The Kier molecular flexibility index (Phi) is 5.01. The maximum atomic E-state index is 13.2. The van der Waals surface area contributed by atoms with Crippen molar-refractivity contribution in [1.82, 2.24) is 9.88 Å². The summed E-state index contributed by atoms with van der Waals surface area (Å²) in [5.74, 6) is 0.473. The molecule has 1 aromatic carbocycles. The van der Waals surface area contributed by atoms with E-state index in [0.717, 1.165) is 5.82 Å². The normalized spacial score (nSPS) is 14.9. The van der Waals surface area contributed by atoms with Gasteiger partial charge in [-0.3, -0.25) is 4.79 Å². The zero-order chi connectivity index (χ0) is 16.4. The minimum atomic E-state index is -0.329. The first-order valence-electron chi connectivity index (χ1n) is 7.15. The van der Waals surface area contributed by atoms with Gasteiger partial charge in [0.15, 0.2) is 0 Å². The summed E-state index contributed by atoms with van der Waals surface area (Å²) in [5.41, 5.74) is 0.546. The maximum Gasteiger partial charge on any atom is 0.255 e. The van der Waals surface area contributed by atoms with Gasteiger partial charge in [-0.15, -0.1) is 0 Å². The second-order valence-electron chi connectivity index (χ2n) is 5.24. The van der Waals surface area contributed by atoms with Crippen LogP contribution in [0.1, 0.15) is 10.4 Å². The Morgan fingerprint density at radius 3 is 2.52 bits per heavy atom. The Balaban J connectivity index is 1.66. The molecule has 1 saturated heterocycles. The molecule has 1 fully saturated rings. The number of hydrogen-bond donors (Lipinski definition) is 0. The number of aromatic nitrogens is 1. The molecule has 1 aliphatic heterocycles. The van der Waals surface area contributed by atoms with Crippen LogP contribution < -0.4 is 4.90 Å². The molecule has 0 bridgehead atoms. The Hall–Kier alpha value is -1.41. The van der Waals surface area contributed by atoms with Crippen LogP contribution in [0.25, 0.3) is 0 Å². The highest BCUT2D eigenvalue weighted by atomic mass is 127. The average Bonchev–Trinajstić information content (AvgIpc) is 2.55. The molecule has 0 radical (unpaired) electrons. The number of amides is 1. The predicted octanol–water partition coefficient (Wildman–Crippen LogP) is 3.44. The lowest BCUT2D eigenvalue weighted by Gasteiger charge is -2.35. The highest BCUT2D eigenvalue weighted by Gasteiger charge is 2.24. The lowest BCUT2D eigenvalue weighted by atomic mass is 10.1. The molecule has 1 aliphatic rings. The van der Waals surface area contributed by atoms with Crippen LogP contribution in [0, 0.1) is 9.39 Å². The van der Waals surface area contributed by atoms with E-state index in [9.17, 15) is 9.18 Å². The Labute approximate surface area is 152 Å². The minimum absolute atomic E-state index is 0.0573. The molecule has 23 heavy (non-hydrogen) atoms. The van der Waals surface area contributed by atoms with E-state index < -0.39 is 0 Å². The maximum absolute atomic E-state index is 13.2. The molecule has 4 nitrogen and oxygen atoms in total. The highest BCUT2D eigenvalue weighted by Crippen LogP contribution is 2.19. The quantitative estimate of drug-likeness (QED) is 0.665. The monoisotopic (exact) mass is 445 g/mol. The van der Waals surface area contributed by atoms with Gasteiger partial charge in [0.25, 0.3) is 5.91 Å². The van der Waals surface area contributed by atoms with Gasteiger partial charge in [0.2, 0.25) is 0 Å². The van der Waals surface area contributed by atoms with Crippen LogP contribution in [-0.4, -0.2) is 42.0 Å². The van der Waals surface area contributed by atoms with E-state index in [2.05, 4.69) is 9.88 Å². The first-order chi connectivity index (χ1) is 11.0. The third kappa shape index (κ3) is 3.74. The van der Waals surface area contributed by atoms with Crippen LogP contribution in [0.2, 0.25) is 5.02 Å². The van der Waals surface area contributed by atoms with E-state index >= 15 is 0 Å². The predicted molar refractivity (Wildman–Crippen MR) is 96.5 cm³/mol. The van der Waals surface area contributed by atoms with Crippen molar-refractivity contribution in [2.45, 2.75) is 0 Å². The third-order valence-corrected chi connectivity index (χ3v) is 4.88. The zero-order valence-electron chi connectivity index (χ0n) is 12.2. The van der Waals surface area contributed by atoms with Crippen molar-refractivity contribution >= 4 is 45.9 Å². The number of piperazine rings is 1. The summed E-state index contributed by atoms with van der Waals surface area (Å²) >= 11 is 7.84. The molecule has 2 heterocycles. The average molecular weight is 446 g/mol. The molecule has 0 spiro atoms. The van der Waals surface area contributed by atoms with Gasteiger partial charge in [0.05, 0.1) is 10.6 Å². The fourth-order valence-corrected chi connectivity index (χ4v) is 3.35. The van der Waals surface area contributed by atoms with E-state index in [0.29, 0.717) is 40.3 Å². The molecule has 1 amide bonds. The fraction of sp³-hybridized carbons (Fsp3) is 0.250. The molecular weight excluding hydrogens is 432 g/mol. The zero-order valence-corrected chi connectivity index (χ0v) is 15.1. The number of carbonyl (C=O) groups excluding carboxylic acids is 1. The Bertz CT molecular complexity index is 718. The first kappa shape index (κ1) is 16.4. The van der Waals surface area contributed by atoms with Crippen molar-refractivity contribution in [3.63, 3.8) is 0 Å². The molecule has 0 aliphatic carbocycles. The second kappa shape index (κ2) is 7.00. The number of halogens is 3. The summed E-state index contributed by atoms with van der Waals surface area (Å²) in [6, 6.07) is 7.93. The third-order valence-electron chi connectivity index (χ3n) is 3.76. The molecule has 1 aromatic heterocycles. The van der Waals surface area contributed by atoms with Gasteiger partial charge in [-0.1, -0.05) is 11.6 Å². The highest BCUT2D eigenvalue weighted by molar-refractivity contribution is 14.1. The van der Waals surface area contributed by atoms with E-state index in [1.54, 1.807) is 17.2 Å². The molecule has 0 unspecified atom stereocenters. The summed E-state index contributed by atoms with van der Waals surface area (Å²) < 4.78 is 13.8. The van der Waals surface area contributed by atoms with Crippen molar-refractivity contribution < 1.29 is 9.18 Å².